The summed E-state index contributed by atoms with van der Waals surface area (Å²) in [5, 5.41) is 3.43. The number of hydrogen-bond acceptors (Lipinski definition) is 3. The highest BCUT2D eigenvalue weighted by atomic mass is 32.1. The van der Waals surface area contributed by atoms with Gasteiger partial charge in [0.1, 0.15) is 0 Å². The van der Waals surface area contributed by atoms with Gasteiger partial charge in [-0.2, -0.15) is 0 Å². The fourth-order valence-electron chi connectivity index (χ4n) is 1.69. The summed E-state index contributed by atoms with van der Waals surface area (Å²) in [6.07, 6.45) is 5.09. The minimum absolute atomic E-state index is 0.124. The van der Waals surface area contributed by atoms with E-state index in [1.165, 1.54) is 24.3 Å². The Morgan fingerprint density at radius 2 is 2.33 bits per heavy atom. The Kier molecular flexibility index (Phi) is 3.42. The van der Waals surface area contributed by atoms with Gasteiger partial charge in [0.05, 0.1) is 16.7 Å². The summed E-state index contributed by atoms with van der Waals surface area (Å²) in [5.41, 5.74) is 7.25. The molecule has 0 saturated heterocycles. The average molecular weight is 224 g/mol. The first-order chi connectivity index (χ1) is 7.20. The highest BCUT2D eigenvalue weighted by molar-refractivity contribution is 7.09. The van der Waals surface area contributed by atoms with Crippen LogP contribution in [0.1, 0.15) is 49.9 Å². The van der Waals surface area contributed by atoms with Crippen LogP contribution in [-0.4, -0.2) is 4.98 Å². The van der Waals surface area contributed by atoms with Gasteiger partial charge in [-0.3, -0.25) is 0 Å². The first-order valence-electron chi connectivity index (χ1n) is 5.90. The van der Waals surface area contributed by atoms with E-state index in [9.17, 15) is 0 Å². The van der Waals surface area contributed by atoms with Crippen LogP contribution >= 0.6 is 11.3 Å². The Labute approximate surface area is 95.9 Å². The van der Waals surface area contributed by atoms with Gasteiger partial charge in [-0.25, -0.2) is 4.98 Å². The minimum atomic E-state index is 0.124. The molecule has 0 radical (unpaired) electrons. The molecule has 2 nitrogen and oxygen atoms in total. The molecule has 0 spiro atoms. The quantitative estimate of drug-likeness (QED) is 0.834. The van der Waals surface area contributed by atoms with E-state index in [4.69, 9.17) is 5.73 Å². The van der Waals surface area contributed by atoms with Crippen LogP contribution in [-0.2, 0) is 6.42 Å². The molecule has 2 unspecified atom stereocenters. The lowest BCUT2D eigenvalue weighted by Crippen LogP contribution is -2.18. The summed E-state index contributed by atoms with van der Waals surface area (Å²) in [7, 11) is 0. The molecule has 15 heavy (non-hydrogen) atoms. The molecule has 3 heteroatoms. The molecule has 1 aliphatic rings. The lowest BCUT2D eigenvalue weighted by Gasteiger charge is -2.15. The van der Waals surface area contributed by atoms with Crippen molar-refractivity contribution < 1.29 is 0 Å². The molecular formula is C12H20N2S. The van der Waals surface area contributed by atoms with E-state index in [0.29, 0.717) is 5.92 Å². The summed E-state index contributed by atoms with van der Waals surface area (Å²) in [6.45, 7) is 4.38. The van der Waals surface area contributed by atoms with Gasteiger partial charge in [0.25, 0.3) is 0 Å². The van der Waals surface area contributed by atoms with Gasteiger partial charge in [0, 0.05) is 11.8 Å². The van der Waals surface area contributed by atoms with E-state index in [1.807, 2.05) is 0 Å². The molecule has 0 aromatic carbocycles. The highest BCUT2D eigenvalue weighted by Gasteiger charge is 2.24. The molecule has 2 rings (SSSR count). The van der Waals surface area contributed by atoms with Gasteiger partial charge in [0.15, 0.2) is 0 Å². The Morgan fingerprint density at radius 1 is 1.60 bits per heavy atom. The second-order valence-corrected chi connectivity index (χ2v) is 5.67. The second kappa shape index (κ2) is 4.62. The predicted molar refractivity (Wildman–Crippen MR) is 64.9 cm³/mol. The second-order valence-electron chi connectivity index (χ2n) is 4.72. The van der Waals surface area contributed by atoms with Crippen LogP contribution in [0.4, 0.5) is 0 Å². The summed E-state index contributed by atoms with van der Waals surface area (Å²) < 4.78 is 0. The third-order valence-corrected chi connectivity index (χ3v) is 4.22. The van der Waals surface area contributed by atoms with Crippen LogP contribution in [0.3, 0.4) is 0 Å². The van der Waals surface area contributed by atoms with Gasteiger partial charge >= 0.3 is 0 Å². The molecule has 0 aliphatic heterocycles. The Hall–Kier alpha value is -0.410. The zero-order valence-electron chi connectivity index (χ0n) is 9.57. The van der Waals surface area contributed by atoms with Crippen LogP contribution in [0.5, 0.6) is 0 Å². The Bertz CT molecular complexity index is 317. The maximum Gasteiger partial charge on any atom is 0.0931 e. The number of rotatable bonds is 5. The van der Waals surface area contributed by atoms with E-state index in [1.54, 1.807) is 11.3 Å². The van der Waals surface area contributed by atoms with Crippen LogP contribution in [0, 0.1) is 11.8 Å². The average Bonchev–Trinajstić information content (AvgIpc) is 2.93. The first-order valence-corrected chi connectivity index (χ1v) is 6.78. The van der Waals surface area contributed by atoms with Crippen molar-refractivity contribution in [1.29, 1.82) is 0 Å². The van der Waals surface area contributed by atoms with Gasteiger partial charge in [0.2, 0.25) is 0 Å². The summed E-state index contributed by atoms with van der Waals surface area (Å²) in [6, 6.07) is 0.124. The van der Waals surface area contributed by atoms with E-state index in [2.05, 4.69) is 24.2 Å². The smallest absolute Gasteiger partial charge is 0.0931 e. The third-order valence-electron chi connectivity index (χ3n) is 3.33. The SMILES string of the molecule is CCC(C)C(N)c1csc(CC2CC2)n1. The molecule has 1 heterocycles. The molecule has 1 aromatic heterocycles. The van der Waals surface area contributed by atoms with Crippen LogP contribution in [0.15, 0.2) is 5.38 Å². The minimum Gasteiger partial charge on any atom is -0.322 e. The number of nitrogens with zero attached hydrogens (tertiary/aromatic N) is 1. The fraction of sp³-hybridized carbons (Fsp3) is 0.750. The molecule has 1 fully saturated rings. The fourth-order valence-corrected chi connectivity index (χ4v) is 2.64. The third kappa shape index (κ3) is 2.79. The predicted octanol–water partition coefficient (Wildman–Crippen LogP) is 3.14. The van der Waals surface area contributed by atoms with Crippen molar-refractivity contribution >= 4 is 11.3 Å². The molecule has 84 valence electrons. The molecule has 1 saturated carbocycles. The van der Waals surface area contributed by atoms with E-state index in [0.717, 1.165) is 18.0 Å². The summed E-state index contributed by atoms with van der Waals surface area (Å²) in [4.78, 5) is 4.65. The van der Waals surface area contributed by atoms with Crippen molar-refractivity contribution in [2.24, 2.45) is 17.6 Å². The summed E-state index contributed by atoms with van der Waals surface area (Å²) >= 11 is 1.78. The molecule has 1 aliphatic carbocycles. The molecule has 2 N–H and O–H groups in total. The molecular weight excluding hydrogens is 204 g/mol. The van der Waals surface area contributed by atoms with Crippen LogP contribution < -0.4 is 5.73 Å². The van der Waals surface area contributed by atoms with Crippen molar-refractivity contribution in [2.75, 3.05) is 0 Å². The summed E-state index contributed by atoms with van der Waals surface area (Å²) in [5.74, 6) is 1.45. The van der Waals surface area contributed by atoms with Crippen molar-refractivity contribution in [3.63, 3.8) is 0 Å². The van der Waals surface area contributed by atoms with Crippen molar-refractivity contribution in [3.05, 3.63) is 16.1 Å². The highest BCUT2D eigenvalue weighted by Crippen LogP contribution is 2.34. The molecule has 0 bridgehead atoms. The number of hydrogen-bond donors (Lipinski definition) is 1. The molecule has 0 amide bonds. The maximum absolute atomic E-state index is 6.15. The molecule has 1 aromatic rings. The van der Waals surface area contributed by atoms with E-state index >= 15 is 0 Å². The van der Waals surface area contributed by atoms with E-state index in [-0.39, 0.29) is 6.04 Å². The lowest BCUT2D eigenvalue weighted by molar-refractivity contribution is 0.449. The van der Waals surface area contributed by atoms with E-state index < -0.39 is 0 Å². The Morgan fingerprint density at radius 3 is 2.93 bits per heavy atom. The standard InChI is InChI=1S/C12H20N2S/c1-3-8(2)12(13)10-7-15-11(14-10)6-9-4-5-9/h7-9,12H,3-6,13H2,1-2H3. The van der Waals surface area contributed by atoms with Crippen molar-refractivity contribution in [2.45, 2.75) is 45.6 Å². The van der Waals surface area contributed by atoms with Crippen molar-refractivity contribution in [1.82, 2.24) is 4.98 Å². The van der Waals surface area contributed by atoms with Crippen LogP contribution in [0.2, 0.25) is 0 Å². The lowest BCUT2D eigenvalue weighted by atomic mass is 9.98. The normalized spacial score (nSPS) is 20.2. The number of thiazole rings is 1. The topological polar surface area (TPSA) is 38.9 Å². The van der Waals surface area contributed by atoms with Gasteiger partial charge in [-0.15, -0.1) is 11.3 Å². The number of aromatic nitrogens is 1. The largest absolute Gasteiger partial charge is 0.322 e. The first kappa shape index (κ1) is 11.1. The Balaban J connectivity index is 1.98. The van der Waals surface area contributed by atoms with Gasteiger partial charge < -0.3 is 5.73 Å². The zero-order chi connectivity index (χ0) is 10.8. The molecule has 2 atom stereocenters. The zero-order valence-corrected chi connectivity index (χ0v) is 10.4. The monoisotopic (exact) mass is 224 g/mol. The number of nitrogens with two attached hydrogens (primary N) is 1. The van der Waals surface area contributed by atoms with Gasteiger partial charge in [-0.1, -0.05) is 20.3 Å². The van der Waals surface area contributed by atoms with Crippen LogP contribution in [0.25, 0.3) is 0 Å². The van der Waals surface area contributed by atoms with Gasteiger partial charge in [-0.05, 0) is 24.7 Å². The van der Waals surface area contributed by atoms with Crippen molar-refractivity contribution in [3.8, 4) is 0 Å². The maximum atomic E-state index is 6.15.